The van der Waals surface area contributed by atoms with Gasteiger partial charge in [-0.2, -0.15) is 0 Å². The third-order valence-electron chi connectivity index (χ3n) is 2.72. The van der Waals surface area contributed by atoms with E-state index in [-0.39, 0.29) is 11.2 Å². The second-order valence-corrected chi connectivity index (χ2v) is 5.06. The molecule has 0 amide bonds. The number of aryl methyl sites for hydroxylation is 1. The number of imidazole rings is 1. The molecule has 6 nitrogen and oxygen atoms in total. The Bertz CT molecular complexity index is 788. The van der Waals surface area contributed by atoms with E-state index < -0.39 is 0 Å². The van der Waals surface area contributed by atoms with Crippen molar-refractivity contribution in [3.8, 4) is 11.8 Å². The van der Waals surface area contributed by atoms with Crippen LogP contribution in [-0.2, 0) is 14.1 Å². The first-order chi connectivity index (χ1) is 9.06. The molecule has 0 radical (unpaired) electrons. The molecular weight excluding hydrogens is 264 g/mol. The first kappa shape index (κ1) is 13.5. The zero-order chi connectivity index (χ0) is 14.0. The summed E-state index contributed by atoms with van der Waals surface area (Å²) in [5, 5.41) is 0.631. The molecule has 100 valence electrons. The number of thioether (sulfide) groups is 1. The Balaban J connectivity index is 2.43. The number of aromatic amines is 1. The smallest absolute Gasteiger partial charge is 0.327 e. The molecule has 2 rings (SSSR count). The molecule has 7 heteroatoms. The lowest BCUT2D eigenvalue weighted by Crippen LogP contribution is -2.36. The van der Waals surface area contributed by atoms with Crippen LogP contribution in [0.15, 0.2) is 14.7 Å². The van der Waals surface area contributed by atoms with Gasteiger partial charge in [0.2, 0.25) is 0 Å². The van der Waals surface area contributed by atoms with Gasteiger partial charge in [-0.3, -0.25) is 13.9 Å². The van der Waals surface area contributed by atoms with Crippen LogP contribution in [0.25, 0.3) is 11.2 Å². The number of nitrogens with one attached hydrogen (secondary N) is 1. The average Bonchev–Trinajstić information content (AvgIpc) is 2.83. The van der Waals surface area contributed by atoms with E-state index in [0.717, 1.165) is 16.7 Å². The minimum atomic E-state index is -0.377. The number of fused-ring (bicyclic) bond motifs is 1. The predicted molar refractivity (Wildman–Crippen MR) is 75.4 cm³/mol. The van der Waals surface area contributed by atoms with Crippen LogP contribution >= 0.6 is 11.8 Å². The summed E-state index contributed by atoms with van der Waals surface area (Å²) in [5.41, 5.74) is 0.00838. The molecular formula is C12H14N4O2S. The lowest BCUT2D eigenvalue weighted by Gasteiger charge is -2.00. The molecule has 0 aromatic carbocycles. The van der Waals surface area contributed by atoms with Crippen molar-refractivity contribution in [1.82, 2.24) is 19.1 Å². The predicted octanol–water partition coefficient (Wildman–Crippen LogP) is 0.466. The van der Waals surface area contributed by atoms with E-state index in [9.17, 15) is 9.59 Å². The average molecular weight is 278 g/mol. The van der Waals surface area contributed by atoms with E-state index in [0.29, 0.717) is 16.3 Å². The van der Waals surface area contributed by atoms with E-state index in [1.807, 2.05) is 0 Å². The highest BCUT2D eigenvalue weighted by Gasteiger charge is 2.13. The van der Waals surface area contributed by atoms with Gasteiger partial charge in [0, 0.05) is 26.3 Å². The van der Waals surface area contributed by atoms with Crippen molar-refractivity contribution in [1.29, 1.82) is 0 Å². The fourth-order valence-electron chi connectivity index (χ4n) is 1.70. The lowest BCUT2D eigenvalue weighted by atomic mass is 10.5. The summed E-state index contributed by atoms with van der Waals surface area (Å²) in [6, 6.07) is 0. The first-order valence-electron chi connectivity index (χ1n) is 5.74. The summed E-state index contributed by atoms with van der Waals surface area (Å²) < 4.78 is 2.43. The van der Waals surface area contributed by atoms with Gasteiger partial charge in [0.25, 0.3) is 5.56 Å². The normalized spacial score (nSPS) is 10.5. The molecule has 0 spiro atoms. The molecule has 0 aliphatic rings. The van der Waals surface area contributed by atoms with Crippen LogP contribution in [0, 0.1) is 11.8 Å². The monoisotopic (exact) mass is 278 g/mol. The summed E-state index contributed by atoms with van der Waals surface area (Å²) in [5.74, 6) is 6.57. The summed E-state index contributed by atoms with van der Waals surface area (Å²) in [6.07, 6.45) is 0.759. The van der Waals surface area contributed by atoms with E-state index in [2.05, 4.69) is 21.8 Å². The van der Waals surface area contributed by atoms with Crippen molar-refractivity contribution in [2.75, 3.05) is 5.75 Å². The highest BCUT2D eigenvalue weighted by atomic mass is 32.2. The minimum absolute atomic E-state index is 0.355. The second-order valence-electron chi connectivity index (χ2n) is 3.97. The molecule has 0 saturated heterocycles. The van der Waals surface area contributed by atoms with Crippen molar-refractivity contribution in [3.63, 3.8) is 0 Å². The Morgan fingerprint density at radius 3 is 2.74 bits per heavy atom. The van der Waals surface area contributed by atoms with Crippen molar-refractivity contribution in [2.45, 2.75) is 18.5 Å². The maximum absolute atomic E-state index is 11.9. The molecule has 0 aliphatic heterocycles. The van der Waals surface area contributed by atoms with Gasteiger partial charge in [-0.15, -0.1) is 11.8 Å². The van der Waals surface area contributed by atoms with Crippen molar-refractivity contribution in [3.05, 3.63) is 20.8 Å². The van der Waals surface area contributed by atoms with E-state index in [1.165, 1.54) is 23.4 Å². The summed E-state index contributed by atoms with van der Waals surface area (Å²) in [4.78, 5) is 30.9. The van der Waals surface area contributed by atoms with Gasteiger partial charge in [0.05, 0.1) is 0 Å². The zero-order valence-corrected chi connectivity index (χ0v) is 11.8. The van der Waals surface area contributed by atoms with Gasteiger partial charge in [-0.05, 0) is 6.92 Å². The van der Waals surface area contributed by atoms with Gasteiger partial charge in [0.1, 0.15) is 0 Å². The van der Waals surface area contributed by atoms with Crippen LogP contribution in [-0.4, -0.2) is 24.9 Å². The van der Waals surface area contributed by atoms with Gasteiger partial charge in [-0.1, -0.05) is 11.8 Å². The molecule has 0 saturated carbocycles. The van der Waals surface area contributed by atoms with Crippen LogP contribution < -0.4 is 11.2 Å². The molecule has 0 fully saturated rings. The number of H-pyrrole nitrogens is 1. The van der Waals surface area contributed by atoms with Gasteiger partial charge in [-0.25, -0.2) is 9.78 Å². The van der Waals surface area contributed by atoms with Gasteiger partial charge < -0.3 is 4.98 Å². The van der Waals surface area contributed by atoms with Crippen LogP contribution in [0.5, 0.6) is 0 Å². The fourth-order valence-corrected chi connectivity index (χ4v) is 2.42. The Hall–Kier alpha value is -1.94. The standard InChI is InChI=1S/C12H14N4O2S/c1-4-5-6-7-19-11-13-8-9(14-11)15(2)12(18)16(3)10(8)17/h6-7H2,1-3H3,(H,13,14). The molecule has 1 N–H and O–H groups in total. The Morgan fingerprint density at radius 1 is 1.32 bits per heavy atom. The minimum Gasteiger partial charge on any atom is -0.327 e. The molecule has 0 unspecified atom stereocenters. The van der Waals surface area contributed by atoms with Crippen LogP contribution in [0.1, 0.15) is 13.3 Å². The first-order valence-corrected chi connectivity index (χ1v) is 6.73. The molecule has 0 atom stereocenters. The maximum atomic E-state index is 11.9. The van der Waals surface area contributed by atoms with Gasteiger partial charge >= 0.3 is 5.69 Å². The number of nitrogens with zero attached hydrogens (tertiary/aromatic N) is 3. The van der Waals surface area contributed by atoms with Crippen molar-refractivity contribution < 1.29 is 0 Å². The third-order valence-corrected chi connectivity index (χ3v) is 3.59. The summed E-state index contributed by atoms with van der Waals surface area (Å²) >= 11 is 1.48. The maximum Gasteiger partial charge on any atom is 0.332 e. The number of aromatic nitrogens is 4. The SMILES string of the molecule is CC#CCCSc1nc2c([nH]1)c(=O)n(C)c(=O)n2C. The number of hydrogen-bond acceptors (Lipinski definition) is 4. The molecule has 19 heavy (non-hydrogen) atoms. The Labute approximate surface area is 113 Å². The van der Waals surface area contributed by atoms with Crippen LogP contribution in [0.2, 0.25) is 0 Å². The van der Waals surface area contributed by atoms with Crippen molar-refractivity contribution >= 4 is 22.9 Å². The van der Waals surface area contributed by atoms with E-state index in [4.69, 9.17) is 0 Å². The summed E-state index contributed by atoms with van der Waals surface area (Å²) in [7, 11) is 3.05. The topological polar surface area (TPSA) is 72.7 Å². The molecule has 2 aromatic heterocycles. The summed E-state index contributed by atoms with van der Waals surface area (Å²) in [6.45, 7) is 1.80. The fraction of sp³-hybridized carbons (Fsp3) is 0.417. The molecule has 0 aliphatic carbocycles. The van der Waals surface area contributed by atoms with Crippen molar-refractivity contribution in [2.24, 2.45) is 14.1 Å². The van der Waals surface area contributed by atoms with E-state index >= 15 is 0 Å². The molecule has 2 aromatic rings. The number of rotatable bonds is 3. The van der Waals surface area contributed by atoms with Crippen LogP contribution in [0.4, 0.5) is 0 Å². The molecule has 0 bridgehead atoms. The zero-order valence-electron chi connectivity index (χ0n) is 11.0. The van der Waals surface area contributed by atoms with Gasteiger partial charge in [0.15, 0.2) is 16.3 Å². The van der Waals surface area contributed by atoms with Crippen LogP contribution in [0.3, 0.4) is 0 Å². The third kappa shape index (κ3) is 2.44. The lowest BCUT2D eigenvalue weighted by molar-refractivity contribution is 0.708. The number of hydrogen-bond donors (Lipinski definition) is 1. The molecule has 2 heterocycles. The highest BCUT2D eigenvalue weighted by molar-refractivity contribution is 7.99. The quantitative estimate of drug-likeness (QED) is 0.503. The van der Waals surface area contributed by atoms with E-state index in [1.54, 1.807) is 14.0 Å². The largest absolute Gasteiger partial charge is 0.332 e. The highest BCUT2D eigenvalue weighted by Crippen LogP contribution is 2.16. The second kappa shape index (κ2) is 5.36. The Morgan fingerprint density at radius 2 is 2.05 bits per heavy atom. The Kier molecular flexibility index (Phi) is 3.81.